The number of Topliss-reactive ketones (excluding diaryl/α,β-unsaturated/α-hetero) is 1. The van der Waals surface area contributed by atoms with Crippen LogP contribution in [0.2, 0.25) is 5.02 Å². The highest BCUT2D eigenvalue weighted by molar-refractivity contribution is 6.67. The van der Waals surface area contributed by atoms with Crippen molar-refractivity contribution in [2.24, 2.45) is 5.10 Å². The van der Waals surface area contributed by atoms with Crippen LogP contribution in [0.25, 0.3) is 0 Å². The van der Waals surface area contributed by atoms with Gasteiger partial charge in [0.25, 0.3) is 5.91 Å². The van der Waals surface area contributed by atoms with Crippen LogP contribution in [0.3, 0.4) is 0 Å². The number of carbonyl (C=O) groups excluding carboxylic acids is 2. The predicted molar refractivity (Wildman–Crippen MR) is 88.3 cm³/mol. The minimum atomic E-state index is -0.585. The molecule has 0 unspecified atom stereocenters. The molecule has 2 aromatic carbocycles. The zero-order chi connectivity index (χ0) is 15.9. The number of hydrazone groups is 1. The topological polar surface area (TPSA) is 70.6 Å². The minimum Gasteiger partial charge on any atom is -0.320 e. The summed E-state index contributed by atoms with van der Waals surface area (Å²) in [5.74, 6) is -1.04. The number of hydrogen-bond donors (Lipinski definition) is 2. The first-order valence-electron chi connectivity index (χ1n) is 6.53. The van der Waals surface area contributed by atoms with Crippen molar-refractivity contribution in [1.82, 2.24) is 0 Å². The molecule has 2 aromatic rings. The molecule has 0 aliphatic carbocycles. The number of nitrogens with one attached hydrogen (secondary N) is 2. The smallest absolute Gasteiger partial charge is 0.279 e. The molecular weight excluding hydrogens is 302 g/mol. The highest BCUT2D eigenvalue weighted by atomic mass is 35.5. The van der Waals surface area contributed by atoms with Gasteiger partial charge < -0.3 is 5.32 Å². The molecule has 0 saturated heterocycles. The first-order valence-corrected chi connectivity index (χ1v) is 6.91. The third-order valence-corrected chi connectivity index (χ3v) is 3.07. The van der Waals surface area contributed by atoms with Crippen molar-refractivity contribution in [2.75, 3.05) is 10.7 Å². The van der Waals surface area contributed by atoms with Crippen LogP contribution in [0.5, 0.6) is 0 Å². The number of anilines is 2. The number of ketones is 1. The third-order valence-electron chi connectivity index (χ3n) is 2.74. The Balaban J connectivity index is 2.16. The molecule has 0 bridgehead atoms. The Morgan fingerprint density at radius 3 is 2.27 bits per heavy atom. The molecule has 2 rings (SSSR count). The standard InChI is InChI=1S/C16H14ClN3O2/c1-11(21)15(16(22)18-12-7-3-2-4-8-12)20-19-14-10-6-5-9-13(14)17/h2-10,19H,1H3,(H,18,22)/b20-15-. The quantitative estimate of drug-likeness (QED) is 0.505. The monoisotopic (exact) mass is 315 g/mol. The van der Waals surface area contributed by atoms with Crippen LogP contribution in [0.15, 0.2) is 59.7 Å². The van der Waals surface area contributed by atoms with Crippen molar-refractivity contribution in [2.45, 2.75) is 6.92 Å². The van der Waals surface area contributed by atoms with Crippen LogP contribution in [0.1, 0.15) is 6.92 Å². The van der Waals surface area contributed by atoms with Crippen LogP contribution in [0.4, 0.5) is 11.4 Å². The van der Waals surface area contributed by atoms with Crippen LogP contribution in [-0.4, -0.2) is 17.4 Å². The number of rotatable bonds is 5. The fourth-order valence-corrected chi connectivity index (χ4v) is 1.85. The number of nitrogens with zero attached hydrogens (tertiary/aromatic N) is 1. The molecule has 0 heterocycles. The van der Waals surface area contributed by atoms with Gasteiger partial charge in [-0.25, -0.2) is 0 Å². The van der Waals surface area contributed by atoms with Crippen molar-refractivity contribution in [3.05, 3.63) is 59.6 Å². The molecule has 0 aliphatic rings. The molecule has 112 valence electrons. The van der Waals surface area contributed by atoms with Gasteiger partial charge in [0.2, 0.25) is 0 Å². The lowest BCUT2D eigenvalue weighted by atomic mass is 10.2. The van der Waals surface area contributed by atoms with E-state index in [2.05, 4.69) is 15.8 Å². The number of benzene rings is 2. The van der Waals surface area contributed by atoms with Gasteiger partial charge in [-0.1, -0.05) is 41.9 Å². The van der Waals surface area contributed by atoms with E-state index in [1.807, 2.05) is 6.07 Å². The molecule has 0 radical (unpaired) electrons. The van der Waals surface area contributed by atoms with E-state index in [9.17, 15) is 9.59 Å². The van der Waals surface area contributed by atoms with Gasteiger partial charge in [-0.2, -0.15) is 5.10 Å². The second-order valence-electron chi connectivity index (χ2n) is 4.43. The SMILES string of the molecule is CC(=O)/C(=N/Nc1ccccc1Cl)C(=O)Nc1ccccc1. The summed E-state index contributed by atoms with van der Waals surface area (Å²) >= 11 is 5.98. The molecule has 5 nitrogen and oxygen atoms in total. The average Bonchev–Trinajstić information content (AvgIpc) is 2.50. The van der Waals surface area contributed by atoms with E-state index in [0.717, 1.165) is 0 Å². The average molecular weight is 316 g/mol. The molecule has 0 spiro atoms. The predicted octanol–water partition coefficient (Wildman–Crippen LogP) is 3.34. The van der Waals surface area contributed by atoms with Gasteiger partial charge in [-0.15, -0.1) is 0 Å². The summed E-state index contributed by atoms with van der Waals surface area (Å²) in [5, 5.41) is 6.92. The van der Waals surface area contributed by atoms with Crippen LogP contribution >= 0.6 is 11.6 Å². The second-order valence-corrected chi connectivity index (χ2v) is 4.84. The number of hydrogen-bond acceptors (Lipinski definition) is 4. The number of carbonyl (C=O) groups is 2. The minimum absolute atomic E-state index is 0.233. The van der Waals surface area contributed by atoms with E-state index in [4.69, 9.17) is 11.6 Å². The molecule has 22 heavy (non-hydrogen) atoms. The van der Waals surface area contributed by atoms with Gasteiger partial charge >= 0.3 is 0 Å². The highest BCUT2D eigenvalue weighted by Crippen LogP contribution is 2.20. The molecular formula is C16H14ClN3O2. The fraction of sp³-hybridized carbons (Fsp3) is 0.0625. The first-order chi connectivity index (χ1) is 10.6. The fourth-order valence-electron chi connectivity index (χ4n) is 1.67. The van der Waals surface area contributed by atoms with E-state index in [0.29, 0.717) is 16.4 Å². The van der Waals surface area contributed by atoms with Crippen molar-refractivity contribution in [1.29, 1.82) is 0 Å². The maximum atomic E-state index is 12.1. The molecule has 2 N–H and O–H groups in total. The van der Waals surface area contributed by atoms with Gasteiger partial charge in [0, 0.05) is 12.6 Å². The second kappa shape index (κ2) is 7.38. The summed E-state index contributed by atoms with van der Waals surface area (Å²) in [6.45, 7) is 1.28. The summed E-state index contributed by atoms with van der Waals surface area (Å²) in [5.41, 5.74) is 3.50. The van der Waals surface area contributed by atoms with Crippen molar-refractivity contribution < 1.29 is 9.59 Å². The molecule has 0 fully saturated rings. The van der Waals surface area contributed by atoms with Gasteiger partial charge in [-0.3, -0.25) is 15.0 Å². The van der Waals surface area contributed by atoms with Gasteiger partial charge in [0.15, 0.2) is 11.5 Å². The molecule has 0 atom stereocenters. The Kier molecular flexibility index (Phi) is 5.27. The number of para-hydroxylation sites is 2. The zero-order valence-electron chi connectivity index (χ0n) is 11.8. The van der Waals surface area contributed by atoms with Gasteiger partial charge in [0.05, 0.1) is 10.7 Å². The molecule has 1 amide bonds. The molecule has 6 heteroatoms. The number of amides is 1. The van der Waals surface area contributed by atoms with Gasteiger partial charge in [-0.05, 0) is 24.3 Å². The van der Waals surface area contributed by atoms with Crippen LogP contribution in [0, 0.1) is 0 Å². The van der Waals surface area contributed by atoms with Crippen molar-refractivity contribution >= 4 is 40.4 Å². The molecule has 0 aliphatic heterocycles. The summed E-state index contributed by atoms with van der Waals surface area (Å²) < 4.78 is 0. The maximum Gasteiger partial charge on any atom is 0.279 e. The van der Waals surface area contributed by atoms with Gasteiger partial charge in [0.1, 0.15) is 0 Å². The molecule has 0 aromatic heterocycles. The van der Waals surface area contributed by atoms with Crippen molar-refractivity contribution in [3.63, 3.8) is 0 Å². The van der Waals surface area contributed by atoms with E-state index in [-0.39, 0.29) is 5.71 Å². The zero-order valence-corrected chi connectivity index (χ0v) is 12.6. The van der Waals surface area contributed by atoms with E-state index in [1.165, 1.54) is 6.92 Å². The normalized spacial score (nSPS) is 10.9. The Morgan fingerprint density at radius 2 is 1.64 bits per heavy atom. The highest BCUT2D eigenvalue weighted by Gasteiger charge is 2.17. The van der Waals surface area contributed by atoms with E-state index < -0.39 is 11.7 Å². The van der Waals surface area contributed by atoms with Crippen LogP contribution in [-0.2, 0) is 9.59 Å². The van der Waals surface area contributed by atoms with Crippen LogP contribution < -0.4 is 10.7 Å². The lowest BCUT2D eigenvalue weighted by molar-refractivity contribution is -0.114. The summed E-state index contributed by atoms with van der Waals surface area (Å²) in [7, 11) is 0. The Morgan fingerprint density at radius 1 is 1.00 bits per heavy atom. The van der Waals surface area contributed by atoms with Crippen molar-refractivity contribution in [3.8, 4) is 0 Å². The molecule has 0 saturated carbocycles. The third kappa shape index (κ3) is 4.17. The lowest BCUT2D eigenvalue weighted by Crippen LogP contribution is -2.29. The Bertz CT molecular complexity index is 714. The summed E-state index contributed by atoms with van der Waals surface area (Å²) in [6.07, 6.45) is 0. The summed E-state index contributed by atoms with van der Waals surface area (Å²) in [4.78, 5) is 23.7. The Hall–Kier alpha value is -2.66. The lowest BCUT2D eigenvalue weighted by Gasteiger charge is -2.07. The van der Waals surface area contributed by atoms with E-state index in [1.54, 1.807) is 48.5 Å². The maximum absolute atomic E-state index is 12.1. The first kappa shape index (κ1) is 15.7. The largest absolute Gasteiger partial charge is 0.320 e. The summed E-state index contributed by atoms with van der Waals surface area (Å²) in [6, 6.07) is 15.7. The van der Waals surface area contributed by atoms with E-state index >= 15 is 0 Å². The number of halogens is 1. The Labute approximate surface area is 133 Å².